The summed E-state index contributed by atoms with van der Waals surface area (Å²) in [4.78, 5) is 8.25. The molecule has 0 fully saturated rings. The largest absolute Gasteiger partial charge is 0.387 e. The molecule has 0 aliphatic carbocycles. The minimum Gasteiger partial charge on any atom is -0.387 e. The Morgan fingerprint density at radius 2 is 2.45 bits per heavy atom. The Bertz CT molecular complexity index is 216. The third-order valence-electron chi connectivity index (χ3n) is 1.41. The molecule has 0 amide bonds. The molecule has 0 saturated heterocycles. The van der Waals surface area contributed by atoms with Crippen LogP contribution in [0.2, 0.25) is 0 Å². The van der Waals surface area contributed by atoms with E-state index in [1.54, 1.807) is 0 Å². The van der Waals surface area contributed by atoms with E-state index in [9.17, 15) is 0 Å². The summed E-state index contributed by atoms with van der Waals surface area (Å²) in [6.07, 6.45) is 2.75. The Morgan fingerprint density at radius 1 is 1.73 bits per heavy atom. The van der Waals surface area contributed by atoms with Crippen LogP contribution >= 0.6 is 0 Å². The minimum atomic E-state index is 0.664. The zero-order valence-corrected chi connectivity index (χ0v) is 6.96. The summed E-state index contributed by atoms with van der Waals surface area (Å²) in [7, 11) is 0. The Hall–Kier alpha value is -1.12. The second-order valence-electron chi connectivity index (χ2n) is 2.60. The van der Waals surface area contributed by atoms with Crippen LogP contribution in [0.4, 0.5) is 0 Å². The quantitative estimate of drug-likeness (QED) is 0.599. The molecule has 1 aliphatic heterocycles. The first-order chi connectivity index (χ1) is 5.22. The van der Waals surface area contributed by atoms with Gasteiger partial charge in [0.15, 0.2) is 0 Å². The summed E-state index contributed by atoms with van der Waals surface area (Å²) in [5.74, 6) is 1.42. The average Bonchev–Trinajstić information content (AvgIpc) is 1.85. The molecule has 0 aromatic rings. The van der Waals surface area contributed by atoms with Gasteiger partial charge >= 0.3 is 0 Å². The number of dihydropyridines is 1. The monoisotopic (exact) mass is 151 g/mol. The summed E-state index contributed by atoms with van der Waals surface area (Å²) in [6, 6.07) is 0. The molecule has 3 heteroatoms. The van der Waals surface area contributed by atoms with E-state index in [4.69, 9.17) is 5.73 Å². The first-order valence-corrected chi connectivity index (χ1v) is 3.77. The zero-order valence-electron chi connectivity index (χ0n) is 6.96. The van der Waals surface area contributed by atoms with Crippen LogP contribution in [0.15, 0.2) is 21.6 Å². The van der Waals surface area contributed by atoms with Gasteiger partial charge in [-0.1, -0.05) is 5.57 Å². The lowest BCUT2D eigenvalue weighted by atomic mass is 10.1. The number of hydrogen-bond acceptors (Lipinski definition) is 2. The lowest BCUT2D eigenvalue weighted by Gasteiger charge is -2.07. The van der Waals surface area contributed by atoms with E-state index in [0.29, 0.717) is 5.84 Å². The third-order valence-corrected chi connectivity index (χ3v) is 1.41. The fraction of sp³-hybridized carbons (Fsp3) is 0.500. The molecule has 0 radical (unpaired) electrons. The Labute approximate surface area is 66.7 Å². The maximum absolute atomic E-state index is 5.57. The predicted molar refractivity (Wildman–Crippen MR) is 48.0 cm³/mol. The molecule has 0 aromatic carbocycles. The molecule has 60 valence electrons. The van der Waals surface area contributed by atoms with E-state index in [1.165, 1.54) is 5.57 Å². The van der Waals surface area contributed by atoms with Gasteiger partial charge in [-0.15, -0.1) is 0 Å². The van der Waals surface area contributed by atoms with Gasteiger partial charge in [0.1, 0.15) is 11.7 Å². The molecule has 0 saturated carbocycles. The highest BCUT2D eigenvalue weighted by atomic mass is 15.0. The number of nitrogens with two attached hydrogens (primary N) is 1. The molecular weight excluding hydrogens is 138 g/mol. The zero-order chi connectivity index (χ0) is 8.27. The van der Waals surface area contributed by atoms with E-state index in [1.807, 2.05) is 19.9 Å². The fourth-order valence-electron chi connectivity index (χ4n) is 1.02. The first kappa shape index (κ1) is 7.98. The SMILES string of the molecule is CCN=C1C=C(C)CC(N)=N1. The maximum atomic E-state index is 5.57. The smallest absolute Gasteiger partial charge is 0.149 e. The van der Waals surface area contributed by atoms with Crippen molar-refractivity contribution in [3.8, 4) is 0 Å². The Balaban J connectivity index is 2.81. The van der Waals surface area contributed by atoms with Crippen LogP contribution < -0.4 is 5.73 Å². The predicted octanol–water partition coefficient (Wildman–Crippen LogP) is 1.11. The normalized spacial score (nSPS) is 21.5. The molecule has 0 unspecified atom stereocenters. The van der Waals surface area contributed by atoms with Crippen LogP contribution in [0.25, 0.3) is 0 Å². The molecule has 1 heterocycles. The van der Waals surface area contributed by atoms with Crippen molar-refractivity contribution in [3.05, 3.63) is 11.6 Å². The van der Waals surface area contributed by atoms with E-state index < -0.39 is 0 Å². The molecule has 1 rings (SSSR count). The number of amidine groups is 2. The Morgan fingerprint density at radius 3 is 3.00 bits per heavy atom. The molecule has 2 N–H and O–H groups in total. The van der Waals surface area contributed by atoms with Crippen molar-refractivity contribution < 1.29 is 0 Å². The van der Waals surface area contributed by atoms with Crippen molar-refractivity contribution in [1.29, 1.82) is 0 Å². The minimum absolute atomic E-state index is 0.664. The second-order valence-corrected chi connectivity index (χ2v) is 2.60. The van der Waals surface area contributed by atoms with Crippen LogP contribution in [-0.2, 0) is 0 Å². The third kappa shape index (κ3) is 2.18. The molecule has 0 aromatic heterocycles. The van der Waals surface area contributed by atoms with E-state index in [-0.39, 0.29) is 0 Å². The van der Waals surface area contributed by atoms with Gasteiger partial charge in [0.25, 0.3) is 0 Å². The second kappa shape index (κ2) is 3.32. The van der Waals surface area contributed by atoms with Gasteiger partial charge in [0.05, 0.1) is 0 Å². The van der Waals surface area contributed by atoms with Gasteiger partial charge in [-0.3, -0.25) is 4.99 Å². The van der Waals surface area contributed by atoms with Crippen molar-refractivity contribution in [2.75, 3.05) is 6.54 Å². The summed E-state index contributed by atoms with van der Waals surface area (Å²) >= 11 is 0. The highest BCUT2D eigenvalue weighted by Crippen LogP contribution is 2.06. The highest BCUT2D eigenvalue weighted by Gasteiger charge is 2.04. The van der Waals surface area contributed by atoms with Gasteiger partial charge in [-0.2, -0.15) is 0 Å². The highest BCUT2D eigenvalue weighted by molar-refractivity contribution is 6.06. The van der Waals surface area contributed by atoms with Crippen molar-refractivity contribution in [1.82, 2.24) is 0 Å². The van der Waals surface area contributed by atoms with Crippen LogP contribution in [0.1, 0.15) is 20.3 Å². The van der Waals surface area contributed by atoms with Crippen molar-refractivity contribution >= 4 is 11.7 Å². The van der Waals surface area contributed by atoms with Crippen LogP contribution in [0, 0.1) is 0 Å². The van der Waals surface area contributed by atoms with Gasteiger partial charge in [-0.25, -0.2) is 4.99 Å². The van der Waals surface area contributed by atoms with E-state index in [2.05, 4.69) is 9.98 Å². The molecule has 0 atom stereocenters. The maximum Gasteiger partial charge on any atom is 0.149 e. The summed E-state index contributed by atoms with van der Waals surface area (Å²) in [5.41, 5.74) is 6.80. The number of nitrogens with zero attached hydrogens (tertiary/aromatic N) is 2. The molecule has 3 nitrogen and oxygen atoms in total. The summed E-state index contributed by atoms with van der Waals surface area (Å²) in [6.45, 7) is 4.78. The Kier molecular flexibility index (Phi) is 2.41. The van der Waals surface area contributed by atoms with Gasteiger partial charge in [0, 0.05) is 13.0 Å². The van der Waals surface area contributed by atoms with Crippen molar-refractivity contribution in [3.63, 3.8) is 0 Å². The van der Waals surface area contributed by atoms with Gasteiger partial charge in [-0.05, 0) is 19.9 Å². The van der Waals surface area contributed by atoms with Crippen LogP contribution in [0.3, 0.4) is 0 Å². The number of rotatable bonds is 1. The summed E-state index contributed by atoms with van der Waals surface area (Å²) < 4.78 is 0. The molecular formula is C8H13N3. The van der Waals surface area contributed by atoms with Gasteiger partial charge in [0.2, 0.25) is 0 Å². The lowest BCUT2D eigenvalue weighted by Crippen LogP contribution is -2.17. The van der Waals surface area contributed by atoms with Crippen LogP contribution in [-0.4, -0.2) is 18.2 Å². The molecule has 0 spiro atoms. The standard InChI is InChI=1S/C8H13N3/c1-3-10-8-5-6(2)4-7(9)11-8/h5H,3-4H2,1-2H3,(H2,9,10,11). The number of hydrogen-bond donors (Lipinski definition) is 1. The first-order valence-electron chi connectivity index (χ1n) is 3.77. The average molecular weight is 151 g/mol. The molecule has 11 heavy (non-hydrogen) atoms. The molecule has 1 aliphatic rings. The molecule has 0 bridgehead atoms. The lowest BCUT2D eigenvalue weighted by molar-refractivity contribution is 1.11. The number of aliphatic imine (C=N–C) groups is 2. The van der Waals surface area contributed by atoms with E-state index in [0.717, 1.165) is 18.8 Å². The van der Waals surface area contributed by atoms with E-state index >= 15 is 0 Å². The fourth-order valence-corrected chi connectivity index (χ4v) is 1.02. The van der Waals surface area contributed by atoms with Gasteiger partial charge < -0.3 is 5.73 Å². The topological polar surface area (TPSA) is 50.7 Å². The summed E-state index contributed by atoms with van der Waals surface area (Å²) in [5, 5.41) is 0. The van der Waals surface area contributed by atoms with Crippen molar-refractivity contribution in [2.24, 2.45) is 15.7 Å². The van der Waals surface area contributed by atoms with Crippen molar-refractivity contribution in [2.45, 2.75) is 20.3 Å². The van der Waals surface area contributed by atoms with Crippen LogP contribution in [0.5, 0.6) is 0 Å².